The van der Waals surface area contributed by atoms with E-state index in [0.717, 1.165) is 42.4 Å². The molecule has 0 atom stereocenters. The van der Waals surface area contributed by atoms with Gasteiger partial charge in [0.2, 0.25) is 0 Å². The van der Waals surface area contributed by atoms with Gasteiger partial charge in [-0.15, -0.1) is 0 Å². The van der Waals surface area contributed by atoms with E-state index in [9.17, 15) is 13.6 Å². The summed E-state index contributed by atoms with van der Waals surface area (Å²) in [7, 11) is 0. The van der Waals surface area contributed by atoms with Crippen LogP contribution >= 0.6 is 0 Å². The highest BCUT2D eigenvalue weighted by Crippen LogP contribution is 2.23. The van der Waals surface area contributed by atoms with Gasteiger partial charge in [-0.2, -0.15) is 0 Å². The molecule has 7 heteroatoms. The third-order valence-corrected chi connectivity index (χ3v) is 4.70. The molecule has 0 saturated carbocycles. The molecule has 2 aromatic heterocycles. The first-order valence-corrected chi connectivity index (χ1v) is 8.71. The SMILES string of the molecule is Cc1nc2c(c(=O)[nH]1)CN(Cc1ccc(-c3cc(F)ccc3F)nc1)CC2. The lowest BCUT2D eigenvalue weighted by Gasteiger charge is -2.27. The van der Waals surface area contributed by atoms with Gasteiger partial charge >= 0.3 is 0 Å². The van der Waals surface area contributed by atoms with Gasteiger partial charge in [0.05, 0.1) is 17.0 Å². The van der Waals surface area contributed by atoms with Crippen LogP contribution in [0.5, 0.6) is 0 Å². The summed E-state index contributed by atoms with van der Waals surface area (Å²) in [6, 6.07) is 6.85. The summed E-state index contributed by atoms with van der Waals surface area (Å²) in [5, 5.41) is 0. The van der Waals surface area contributed by atoms with E-state index in [0.29, 0.717) is 30.2 Å². The van der Waals surface area contributed by atoms with Crippen LogP contribution in [0.25, 0.3) is 11.3 Å². The smallest absolute Gasteiger partial charge is 0.255 e. The Labute approximate surface area is 154 Å². The average molecular weight is 368 g/mol. The minimum atomic E-state index is -0.508. The van der Waals surface area contributed by atoms with Crippen LogP contribution < -0.4 is 5.56 Å². The Kier molecular flexibility index (Phi) is 4.53. The Morgan fingerprint density at radius 2 is 2.07 bits per heavy atom. The van der Waals surface area contributed by atoms with Crippen molar-refractivity contribution in [3.63, 3.8) is 0 Å². The molecule has 3 heterocycles. The zero-order valence-electron chi connectivity index (χ0n) is 14.8. The van der Waals surface area contributed by atoms with Crippen LogP contribution in [0.4, 0.5) is 8.78 Å². The maximum absolute atomic E-state index is 13.9. The molecule has 0 spiro atoms. The minimum Gasteiger partial charge on any atom is -0.310 e. The molecule has 0 saturated heterocycles. The zero-order chi connectivity index (χ0) is 19.0. The molecule has 3 aromatic rings. The molecule has 0 unspecified atom stereocenters. The van der Waals surface area contributed by atoms with Crippen LogP contribution in [0.3, 0.4) is 0 Å². The molecule has 0 bridgehead atoms. The highest BCUT2D eigenvalue weighted by Gasteiger charge is 2.20. The number of aromatic nitrogens is 3. The highest BCUT2D eigenvalue weighted by molar-refractivity contribution is 5.59. The van der Waals surface area contributed by atoms with Crippen molar-refractivity contribution in [2.24, 2.45) is 0 Å². The van der Waals surface area contributed by atoms with E-state index in [2.05, 4.69) is 19.9 Å². The maximum Gasteiger partial charge on any atom is 0.255 e. The largest absolute Gasteiger partial charge is 0.310 e. The number of aromatic amines is 1. The fraction of sp³-hybridized carbons (Fsp3) is 0.250. The second kappa shape index (κ2) is 7.00. The van der Waals surface area contributed by atoms with Crippen LogP contribution in [0, 0.1) is 18.6 Å². The molecule has 1 aliphatic rings. The molecule has 4 rings (SSSR count). The number of aryl methyl sites for hydroxylation is 1. The maximum atomic E-state index is 13.9. The van der Waals surface area contributed by atoms with E-state index in [1.807, 2.05) is 6.07 Å². The number of fused-ring (bicyclic) bond motifs is 1. The quantitative estimate of drug-likeness (QED) is 0.772. The molecular weight excluding hydrogens is 350 g/mol. The molecule has 0 radical (unpaired) electrons. The first-order valence-electron chi connectivity index (χ1n) is 8.71. The Bertz CT molecular complexity index is 1050. The van der Waals surface area contributed by atoms with Crippen molar-refractivity contribution >= 4 is 0 Å². The minimum absolute atomic E-state index is 0.0859. The van der Waals surface area contributed by atoms with E-state index in [1.165, 1.54) is 0 Å². The van der Waals surface area contributed by atoms with Gasteiger partial charge in [0.25, 0.3) is 5.56 Å². The highest BCUT2D eigenvalue weighted by atomic mass is 19.1. The third kappa shape index (κ3) is 3.64. The summed E-state index contributed by atoms with van der Waals surface area (Å²) in [5.74, 6) is -0.374. The lowest BCUT2D eigenvalue weighted by atomic mass is 10.1. The van der Waals surface area contributed by atoms with Crippen molar-refractivity contribution in [3.05, 3.63) is 81.2 Å². The van der Waals surface area contributed by atoms with Crippen LogP contribution in [-0.2, 0) is 19.5 Å². The number of H-pyrrole nitrogens is 1. The van der Waals surface area contributed by atoms with Crippen LogP contribution in [0.15, 0.2) is 41.3 Å². The van der Waals surface area contributed by atoms with E-state index < -0.39 is 11.6 Å². The number of rotatable bonds is 3. The van der Waals surface area contributed by atoms with Gasteiger partial charge in [-0.3, -0.25) is 14.7 Å². The predicted molar refractivity (Wildman–Crippen MR) is 97.0 cm³/mol. The van der Waals surface area contributed by atoms with Crippen molar-refractivity contribution in [2.75, 3.05) is 6.54 Å². The van der Waals surface area contributed by atoms with E-state index in [4.69, 9.17) is 0 Å². The normalized spacial score (nSPS) is 14.2. The van der Waals surface area contributed by atoms with Gasteiger partial charge in [0.1, 0.15) is 17.5 Å². The van der Waals surface area contributed by atoms with Crippen molar-refractivity contribution in [3.8, 4) is 11.3 Å². The van der Waals surface area contributed by atoms with Crippen molar-refractivity contribution < 1.29 is 8.78 Å². The summed E-state index contributed by atoms with van der Waals surface area (Å²) < 4.78 is 27.2. The van der Waals surface area contributed by atoms with Gasteiger partial charge in [-0.25, -0.2) is 13.8 Å². The van der Waals surface area contributed by atoms with Crippen LogP contribution in [0.2, 0.25) is 0 Å². The molecule has 0 aliphatic carbocycles. The molecule has 5 nitrogen and oxygen atoms in total. The van der Waals surface area contributed by atoms with E-state index >= 15 is 0 Å². The first kappa shape index (κ1) is 17.5. The van der Waals surface area contributed by atoms with E-state index in [-0.39, 0.29) is 11.1 Å². The Hall–Kier alpha value is -2.93. The number of nitrogens with one attached hydrogen (secondary N) is 1. The number of hydrogen-bond donors (Lipinski definition) is 1. The van der Waals surface area contributed by atoms with Gasteiger partial charge in [0, 0.05) is 37.8 Å². The molecule has 0 amide bonds. The van der Waals surface area contributed by atoms with Crippen LogP contribution in [0.1, 0.15) is 22.6 Å². The van der Waals surface area contributed by atoms with Crippen molar-refractivity contribution in [2.45, 2.75) is 26.4 Å². The summed E-state index contributed by atoms with van der Waals surface area (Å²) in [5.41, 5.74) is 2.95. The van der Waals surface area contributed by atoms with E-state index in [1.54, 1.807) is 19.2 Å². The summed E-state index contributed by atoms with van der Waals surface area (Å²) in [4.78, 5) is 25.7. The molecule has 27 heavy (non-hydrogen) atoms. The second-order valence-corrected chi connectivity index (χ2v) is 6.71. The molecule has 138 valence electrons. The predicted octanol–water partition coefficient (Wildman–Crippen LogP) is 2.98. The summed E-state index contributed by atoms with van der Waals surface area (Å²) in [6.07, 6.45) is 2.38. The van der Waals surface area contributed by atoms with Gasteiger partial charge < -0.3 is 4.98 Å². The standard InChI is InChI=1S/C20H18F2N4O/c1-12-24-19-6-7-26(11-16(19)20(27)25-12)10-13-2-5-18(23-9-13)15-8-14(21)3-4-17(15)22/h2-5,8-9H,6-7,10-11H2,1H3,(H,24,25,27). The lowest BCUT2D eigenvalue weighted by Crippen LogP contribution is -2.35. The fourth-order valence-electron chi connectivity index (χ4n) is 3.37. The Morgan fingerprint density at radius 3 is 2.85 bits per heavy atom. The zero-order valence-corrected chi connectivity index (χ0v) is 14.8. The lowest BCUT2D eigenvalue weighted by molar-refractivity contribution is 0.241. The number of nitrogens with zero attached hydrogens (tertiary/aromatic N) is 3. The first-order chi connectivity index (χ1) is 13.0. The van der Waals surface area contributed by atoms with Gasteiger partial charge in [-0.1, -0.05) is 6.07 Å². The summed E-state index contributed by atoms with van der Waals surface area (Å²) in [6.45, 7) is 3.72. The van der Waals surface area contributed by atoms with Gasteiger partial charge in [-0.05, 0) is 36.8 Å². The molecule has 1 aromatic carbocycles. The average Bonchev–Trinajstić information content (AvgIpc) is 2.65. The fourth-order valence-corrected chi connectivity index (χ4v) is 3.37. The molecule has 0 fully saturated rings. The van der Waals surface area contributed by atoms with Crippen molar-refractivity contribution in [1.82, 2.24) is 19.9 Å². The molecule has 1 aliphatic heterocycles. The van der Waals surface area contributed by atoms with Gasteiger partial charge in [0.15, 0.2) is 0 Å². The topological polar surface area (TPSA) is 61.9 Å². The number of hydrogen-bond acceptors (Lipinski definition) is 4. The number of halogens is 2. The molecule has 1 N–H and O–H groups in total. The van der Waals surface area contributed by atoms with Crippen LogP contribution in [-0.4, -0.2) is 26.4 Å². The Morgan fingerprint density at radius 1 is 1.22 bits per heavy atom. The second-order valence-electron chi connectivity index (χ2n) is 6.71. The number of pyridine rings is 1. The summed E-state index contributed by atoms with van der Waals surface area (Å²) >= 11 is 0. The monoisotopic (exact) mass is 368 g/mol. The van der Waals surface area contributed by atoms with Crippen molar-refractivity contribution in [1.29, 1.82) is 0 Å². The molecular formula is C20H18F2N4O. The third-order valence-electron chi connectivity index (χ3n) is 4.70. The Balaban J connectivity index is 1.51. The number of benzene rings is 1.